The number of halogens is 4. The molecule has 0 N–H and O–H groups in total. The van der Waals surface area contributed by atoms with E-state index in [1.807, 2.05) is 0 Å². The molecular formula is C10H5BrF3NO3. The molecule has 8 heteroatoms. The summed E-state index contributed by atoms with van der Waals surface area (Å²) in [6, 6.07) is 3.34. The molecule has 4 nitrogen and oxygen atoms in total. The first-order valence-corrected chi connectivity index (χ1v) is 5.15. The molecule has 0 fully saturated rings. The molecule has 0 heterocycles. The lowest BCUT2D eigenvalue weighted by atomic mass is 10.1. The van der Waals surface area contributed by atoms with Crippen molar-refractivity contribution < 1.29 is 27.4 Å². The topological polar surface area (TPSA) is 59.3 Å². The van der Waals surface area contributed by atoms with E-state index >= 15 is 0 Å². The van der Waals surface area contributed by atoms with Gasteiger partial charge in [-0.25, -0.2) is 4.79 Å². The molecule has 0 saturated heterocycles. The fraction of sp³-hybridized carbons (Fsp3) is 0.200. The van der Waals surface area contributed by atoms with Crippen LogP contribution >= 0.6 is 15.9 Å². The smallest absolute Gasteiger partial charge is 0.465 e. The normalized spacial score (nSPS) is 10.7. The van der Waals surface area contributed by atoms with Gasteiger partial charge >= 0.3 is 12.3 Å². The van der Waals surface area contributed by atoms with Gasteiger partial charge in [0.2, 0.25) is 0 Å². The zero-order valence-electron chi connectivity index (χ0n) is 8.84. The van der Waals surface area contributed by atoms with Crippen molar-refractivity contribution in [3.63, 3.8) is 0 Å². The SMILES string of the molecule is COC(=O)c1cc(OC(F)(F)F)cc(C#N)c1Br. The van der Waals surface area contributed by atoms with Crippen LogP contribution in [0.1, 0.15) is 15.9 Å². The molecule has 0 unspecified atom stereocenters. The molecule has 0 aliphatic heterocycles. The highest BCUT2D eigenvalue weighted by Crippen LogP contribution is 2.30. The number of methoxy groups -OCH3 is 1. The Labute approximate surface area is 108 Å². The molecule has 1 aromatic rings. The highest BCUT2D eigenvalue weighted by Gasteiger charge is 2.32. The number of hydrogen-bond donors (Lipinski definition) is 0. The number of ether oxygens (including phenoxy) is 2. The van der Waals surface area contributed by atoms with Crippen LogP contribution in [0.3, 0.4) is 0 Å². The second-order valence-corrected chi connectivity index (χ2v) is 3.78. The highest BCUT2D eigenvalue weighted by atomic mass is 79.9. The number of hydrogen-bond acceptors (Lipinski definition) is 4. The third-order valence-electron chi connectivity index (χ3n) is 1.81. The van der Waals surface area contributed by atoms with Gasteiger partial charge in [-0.05, 0) is 28.1 Å². The number of carbonyl (C=O) groups excluding carboxylic acids is 1. The molecule has 0 amide bonds. The second kappa shape index (κ2) is 5.27. The summed E-state index contributed by atoms with van der Waals surface area (Å²) in [7, 11) is 1.07. The predicted octanol–water partition coefficient (Wildman–Crippen LogP) is 3.01. The van der Waals surface area contributed by atoms with Crippen LogP contribution in [-0.4, -0.2) is 19.4 Å². The number of rotatable bonds is 2. The van der Waals surface area contributed by atoms with Gasteiger partial charge in [-0.15, -0.1) is 13.2 Å². The van der Waals surface area contributed by atoms with Gasteiger partial charge in [0.15, 0.2) is 0 Å². The lowest BCUT2D eigenvalue weighted by Gasteiger charge is -2.11. The number of carbonyl (C=O) groups is 1. The molecule has 1 aromatic carbocycles. The van der Waals surface area contributed by atoms with Crippen LogP contribution in [0, 0.1) is 11.3 Å². The minimum Gasteiger partial charge on any atom is -0.465 e. The van der Waals surface area contributed by atoms with E-state index in [-0.39, 0.29) is 15.6 Å². The summed E-state index contributed by atoms with van der Waals surface area (Å²) in [6.07, 6.45) is -4.91. The fourth-order valence-electron chi connectivity index (χ4n) is 1.13. The zero-order chi connectivity index (χ0) is 13.9. The van der Waals surface area contributed by atoms with Crippen molar-refractivity contribution in [1.82, 2.24) is 0 Å². The van der Waals surface area contributed by atoms with E-state index in [2.05, 4.69) is 25.4 Å². The van der Waals surface area contributed by atoms with Crippen LogP contribution in [0.15, 0.2) is 16.6 Å². The Morgan fingerprint density at radius 1 is 1.44 bits per heavy atom. The molecule has 0 aromatic heterocycles. The molecule has 96 valence electrons. The number of benzene rings is 1. The summed E-state index contributed by atoms with van der Waals surface area (Å²) >= 11 is 2.94. The van der Waals surface area contributed by atoms with Crippen LogP contribution in [-0.2, 0) is 4.74 Å². The second-order valence-electron chi connectivity index (χ2n) is 2.98. The Morgan fingerprint density at radius 2 is 2.06 bits per heavy atom. The maximum Gasteiger partial charge on any atom is 0.573 e. The van der Waals surface area contributed by atoms with E-state index in [1.165, 1.54) is 0 Å². The summed E-state index contributed by atoms with van der Waals surface area (Å²) in [4.78, 5) is 11.3. The van der Waals surface area contributed by atoms with Crippen LogP contribution in [0.5, 0.6) is 5.75 Å². The standard InChI is InChI=1S/C10H5BrF3NO3/c1-17-9(16)7-3-6(18-10(12,13)14)2-5(4-15)8(7)11/h2-3H,1H3. The van der Waals surface area contributed by atoms with Crippen LogP contribution in [0.25, 0.3) is 0 Å². The van der Waals surface area contributed by atoms with E-state index in [0.717, 1.165) is 19.2 Å². The molecule has 0 aliphatic carbocycles. The summed E-state index contributed by atoms with van der Waals surface area (Å²) in [5, 5.41) is 8.75. The highest BCUT2D eigenvalue weighted by molar-refractivity contribution is 9.10. The molecule has 0 atom stereocenters. The third-order valence-corrected chi connectivity index (χ3v) is 2.66. The average Bonchev–Trinajstić information content (AvgIpc) is 2.28. The Morgan fingerprint density at radius 3 is 2.50 bits per heavy atom. The Kier molecular flexibility index (Phi) is 4.19. The van der Waals surface area contributed by atoms with Crippen LogP contribution in [0.4, 0.5) is 13.2 Å². The molecule has 0 aliphatic rings. The Balaban J connectivity index is 3.32. The summed E-state index contributed by atoms with van der Waals surface area (Å²) in [5.74, 6) is -1.55. The minimum absolute atomic E-state index is 0.0476. The van der Waals surface area contributed by atoms with Gasteiger partial charge in [0.05, 0.1) is 22.7 Å². The number of esters is 1. The maximum absolute atomic E-state index is 12.1. The van der Waals surface area contributed by atoms with Gasteiger partial charge in [-0.2, -0.15) is 5.26 Å². The number of nitrogens with zero attached hydrogens (tertiary/aromatic N) is 1. The third kappa shape index (κ3) is 3.37. The zero-order valence-corrected chi connectivity index (χ0v) is 10.4. The van der Waals surface area contributed by atoms with Gasteiger partial charge in [0, 0.05) is 0 Å². The molecular weight excluding hydrogens is 319 g/mol. The van der Waals surface area contributed by atoms with Crippen molar-refractivity contribution in [1.29, 1.82) is 5.26 Å². The first-order valence-electron chi connectivity index (χ1n) is 4.36. The Hall–Kier alpha value is -1.75. The van der Waals surface area contributed by atoms with Crippen LogP contribution < -0.4 is 4.74 Å². The molecule has 0 spiro atoms. The van der Waals surface area contributed by atoms with Crippen LogP contribution in [0.2, 0.25) is 0 Å². The van der Waals surface area contributed by atoms with Gasteiger partial charge in [0.25, 0.3) is 0 Å². The summed E-state index contributed by atoms with van der Waals surface area (Å²) in [6.45, 7) is 0. The molecule has 0 saturated carbocycles. The average molecular weight is 324 g/mol. The maximum atomic E-state index is 12.1. The lowest BCUT2D eigenvalue weighted by molar-refractivity contribution is -0.274. The van der Waals surface area contributed by atoms with E-state index in [9.17, 15) is 18.0 Å². The first-order chi connectivity index (χ1) is 8.28. The van der Waals surface area contributed by atoms with Crippen molar-refractivity contribution in [2.75, 3.05) is 7.11 Å². The van der Waals surface area contributed by atoms with E-state index < -0.39 is 18.1 Å². The summed E-state index contributed by atoms with van der Waals surface area (Å²) < 4.78 is 44.3. The Bertz CT molecular complexity index is 522. The molecule has 1 rings (SSSR count). The van der Waals surface area contributed by atoms with Gasteiger partial charge in [-0.1, -0.05) is 0 Å². The molecule has 0 radical (unpaired) electrons. The van der Waals surface area contributed by atoms with Gasteiger partial charge < -0.3 is 9.47 Å². The summed E-state index contributed by atoms with van der Waals surface area (Å²) in [5.41, 5.74) is -0.395. The minimum atomic E-state index is -4.91. The lowest BCUT2D eigenvalue weighted by Crippen LogP contribution is -2.17. The van der Waals surface area contributed by atoms with Crippen molar-refractivity contribution in [2.45, 2.75) is 6.36 Å². The molecule has 18 heavy (non-hydrogen) atoms. The first kappa shape index (κ1) is 14.3. The number of nitriles is 1. The largest absolute Gasteiger partial charge is 0.573 e. The van der Waals surface area contributed by atoms with Gasteiger partial charge in [-0.3, -0.25) is 0 Å². The van der Waals surface area contributed by atoms with Crippen molar-refractivity contribution in [3.05, 3.63) is 27.7 Å². The number of alkyl halides is 3. The quantitative estimate of drug-likeness (QED) is 0.785. The van der Waals surface area contributed by atoms with Crippen molar-refractivity contribution in [2.24, 2.45) is 0 Å². The van der Waals surface area contributed by atoms with E-state index in [0.29, 0.717) is 0 Å². The predicted molar refractivity (Wildman–Crippen MR) is 56.9 cm³/mol. The monoisotopic (exact) mass is 323 g/mol. The fourth-order valence-corrected chi connectivity index (χ4v) is 1.61. The van der Waals surface area contributed by atoms with E-state index in [4.69, 9.17) is 5.26 Å². The van der Waals surface area contributed by atoms with E-state index in [1.54, 1.807) is 6.07 Å². The van der Waals surface area contributed by atoms with Crippen molar-refractivity contribution >= 4 is 21.9 Å². The van der Waals surface area contributed by atoms with Gasteiger partial charge in [0.1, 0.15) is 11.8 Å². The van der Waals surface area contributed by atoms with Crippen molar-refractivity contribution in [3.8, 4) is 11.8 Å². The molecule has 0 bridgehead atoms.